The molecule has 0 saturated heterocycles. The summed E-state index contributed by atoms with van der Waals surface area (Å²) < 4.78 is 0.336. The van der Waals surface area contributed by atoms with E-state index in [0.29, 0.717) is 4.32 Å². The number of amides is 1. The molecule has 0 N–H and O–H groups in total. The molecule has 4 aliphatic carbocycles. The zero-order valence-electron chi connectivity index (χ0n) is 13.2. The van der Waals surface area contributed by atoms with Gasteiger partial charge in [0.05, 0.1) is 0 Å². The Balaban J connectivity index is 1.52. The fraction of sp³-hybridized carbons (Fsp3) is 0.632. The molecule has 4 fully saturated rings. The second-order valence-corrected chi connectivity index (χ2v) is 9.76. The number of nitrogens with zero attached hydrogens (tertiary/aromatic N) is 1. The Kier molecular flexibility index (Phi) is 3.41. The number of hydrogen-bond acceptors (Lipinski definition) is 1. The molecule has 2 nitrogen and oxygen atoms in total. The van der Waals surface area contributed by atoms with Crippen LogP contribution in [0.2, 0.25) is 0 Å². The van der Waals surface area contributed by atoms with Gasteiger partial charge in [0.1, 0.15) is 0 Å². The maximum absolute atomic E-state index is 12.8. The number of anilines is 1. The number of carbonyl (C=O) groups excluding carboxylic acids is 1. The number of benzene rings is 1. The van der Waals surface area contributed by atoms with Crippen molar-refractivity contribution in [3.05, 3.63) is 30.3 Å². The van der Waals surface area contributed by atoms with Gasteiger partial charge >= 0.3 is 0 Å². The summed E-state index contributed by atoms with van der Waals surface area (Å²) in [7, 11) is 1.92. The van der Waals surface area contributed by atoms with E-state index in [1.165, 1.54) is 38.5 Å². The third-order valence-electron chi connectivity index (χ3n) is 6.15. The molecule has 5 rings (SSSR count). The van der Waals surface area contributed by atoms with Crippen molar-refractivity contribution in [2.75, 3.05) is 11.9 Å². The highest BCUT2D eigenvalue weighted by Crippen LogP contribution is 2.65. The van der Waals surface area contributed by atoms with E-state index in [1.807, 2.05) is 42.3 Å². The van der Waals surface area contributed by atoms with Crippen LogP contribution in [0.3, 0.4) is 0 Å². The Morgan fingerprint density at radius 1 is 1.18 bits per heavy atom. The Bertz CT molecular complexity index is 570. The van der Waals surface area contributed by atoms with E-state index in [2.05, 4.69) is 15.9 Å². The van der Waals surface area contributed by atoms with Crippen molar-refractivity contribution in [1.82, 2.24) is 0 Å². The fourth-order valence-electron chi connectivity index (χ4n) is 5.78. The molecule has 4 atom stereocenters. The van der Waals surface area contributed by atoms with Crippen LogP contribution in [0, 0.1) is 17.3 Å². The lowest BCUT2D eigenvalue weighted by molar-refractivity contribution is -0.125. The molecule has 4 saturated carbocycles. The Morgan fingerprint density at radius 2 is 1.82 bits per heavy atom. The van der Waals surface area contributed by atoms with Gasteiger partial charge < -0.3 is 4.90 Å². The number of carbonyl (C=O) groups is 1. The first kappa shape index (κ1) is 14.7. The number of hydrogen-bond donors (Lipinski definition) is 0. The predicted molar refractivity (Wildman–Crippen MR) is 93.2 cm³/mol. The van der Waals surface area contributed by atoms with Crippen molar-refractivity contribution in [1.29, 1.82) is 0 Å². The third kappa shape index (κ3) is 2.51. The molecule has 4 aliphatic rings. The second-order valence-electron chi connectivity index (χ2n) is 8.08. The van der Waals surface area contributed by atoms with Crippen molar-refractivity contribution >= 4 is 27.5 Å². The minimum absolute atomic E-state index is 0.258. The summed E-state index contributed by atoms with van der Waals surface area (Å²) in [5, 5.41) is 0. The zero-order chi connectivity index (χ0) is 15.4. The molecule has 0 radical (unpaired) electrons. The fourth-order valence-corrected chi connectivity index (χ4v) is 7.29. The topological polar surface area (TPSA) is 20.3 Å². The summed E-state index contributed by atoms with van der Waals surface area (Å²) >= 11 is 4.04. The van der Waals surface area contributed by atoms with Crippen molar-refractivity contribution in [2.45, 2.75) is 49.3 Å². The van der Waals surface area contributed by atoms with Crippen molar-refractivity contribution < 1.29 is 4.79 Å². The molecule has 22 heavy (non-hydrogen) atoms. The van der Waals surface area contributed by atoms with Crippen molar-refractivity contribution in [3.8, 4) is 0 Å². The molecule has 0 aromatic heterocycles. The molecule has 2 unspecified atom stereocenters. The van der Waals surface area contributed by atoms with Gasteiger partial charge in [0.25, 0.3) is 0 Å². The van der Waals surface area contributed by atoms with Gasteiger partial charge in [-0.25, -0.2) is 0 Å². The summed E-state index contributed by atoms with van der Waals surface area (Å²) in [4.78, 5) is 14.7. The molecular weight excluding hydrogens is 338 g/mol. The SMILES string of the molecule is CN(C(=O)CC12C[C@@H]3C[C@@H](CC(Br)(C3)C1)C2)c1ccccc1. The molecular formula is C19H24BrNO. The summed E-state index contributed by atoms with van der Waals surface area (Å²) in [6.07, 6.45) is 8.51. The quantitative estimate of drug-likeness (QED) is 0.709. The van der Waals surface area contributed by atoms with Gasteiger partial charge in [0.2, 0.25) is 5.91 Å². The van der Waals surface area contributed by atoms with Crippen LogP contribution in [0.4, 0.5) is 5.69 Å². The first-order chi connectivity index (χ1) is 10.5. The summed E-state index contributed by atoms with van der Waals surface area (Å²) in [6.45, 7) is 0. The minimum atomic E-state index is 0.258. The highest BCUT2D eigenvalue weighted by molar-refractivity contribution is 9.10. The number of para-hydroxylation sites is 1. The van der Waals surface area contributed by atoms with Crippen LogP contribution in [0.25, 0.3) is 0 Å². The van der Waals surface area contributed by atoms with E-state index in [4.69, 9.17) is 0 Å². The lowest BCUT2D eigenvalue weighted by Crippen LogP contribution is -2.54. The van der Waals surface area contributed by atoms with E-state index >= 15 is 0 Å². The normalized spacial score (nSPS) is 39.0. The van der Waals surface area contributed by atoms with E-state index in [0.717, 1.165) is 23.9 Å². The molecule has 1 amide bonds. The van der Waals surface area contributed by atoms with Gasteiger partial charge in [0.15, 0.2) is 0 Å². The van der Waals surface area contributed by atoms with Crippen LogP contribution in [0.1, 0.15) is 44.9 Å². The minimum Gasteiger partial charge on any atom is -0.315 e. The number of rotatable bonds is 3. The zero-order valence-corrected chi connectivity index (χ0v) is 14.8. The van der Waals surface area contributed by atoms with Crippen molar-refractivity contribution in [3.63, 3.8) is 0 Å². The summed E-state index contributed by atoms with van der Waals surface area (Å²) in [6, 6.07) is 10.0. The highest BCUT2D eigenvalue weighted by Gasteiger charge is 2.57. The van der Waals surface area contributed by atoms with Crippen LogP contribution in [0.5, 0.6) is 0 Å². The molecule has 1 aromatic carbocycles. The lowest BCUT2D eigenvalue weighted by atomic mass is 9.48. The van der Waals surface area contributed by atoms with E-state index in [1.54, 1.807) is 0 Å². The molecule has 0 spiro atoms. The van der Waals surface area contributed by atoms with E-state index in [9.17, 15) is 4.79 Å². The Hall–Kier alpha value is -0.830. The standard InChI is InChI=1S/C19H24BrNO/c1-21(16-5-3-2-4-6-16)17(22)12-18-8-14-7-15(9-18)11-19(20,10-14)13-18/h2-6,14-15H,7-13H2,1H3/t14-,15+,18?,19?. The highest BCUT2D eigenvalue weighted by atomic mass is 79.9. The number of alkyl halides is 1. The van der Waals surface area contributed by atoms with E-state index < -0.39 is 0 Å². The molecule has 118 valence electrons. The van der Waals surface area contributed by atoms with Gasteiger partial charge in [-0.15, -0.1) is 0 Å². The number of halogens is 1. The Labute approximate surface area is 141 Å². The van der Waals surface area contributed by atoms with Crippen LogP contribution in [-0.2, 0) is 4.79 Å². The van der Waals surface area contributed by atoms with Crippen LogP contribution < -0.4 is 4.90 Å². The van der Waals surface area contributed by atoms with Crippen LogP contribution in [0.15, 0.2) is 30.3 Å². The monoisotopic (exact) mass is 361 g/mol. The van der Waals surface area contributed by atoms with Gasteiger partial charge in [-0.3, -0.25) is 4.79 Å². The summed E-state index contributed by atoms with van der Waals surface area (Å²) in [5.41, 5.74) is 1.26. The van der Waals surface area contributed by atoms with Crippen LogP contribution >= 0.6 is 15.9 Å². The maximum atomic E-state index is 12.8. The molecule has 0 heterocycles. The van der Waals surface area contributed by atoms with Crippen molar-refractivity contribution in [2.24, 2.45) is 17.3 Å². The molecule has 3 heteroatoms. The largest absolute Gasteiger partial charge is 0.315 e. The van der Waals surface area contributed by atoms with Gasteiger partial charge in [-0.1, -0.05) is 34.1 Å². The van der Waals surface area contributed by atoms with Gasteiger partial charge in [-0.05, 0) is 67.9 Å². The second kappa shape index (κ2) is 5.09. The Morgan fingerprint density at radius 3 is 2.41 bits per heavy atom. The third-order valence-corrected chi connectivity index (χ3v) is 7.08. The smallest absolute Gasteiger partial charge is 0.227 e. The summed E-state index contributed by atoms with van der Waals surface area (Å²) in [5.74, 6) is 1.97. The molecule has 1 aromatic rings. The first-order valence-electron chi connectivity index (χ1n) is 8.48. The molecule has 4 bridgehead atoms. The lowest BCUT2D eigenvalue weighted by Gasteiger charge is -2.60. The van der Waals surface area contributed by atoms with E-state index in [-0.39, 0.29) is 11.3 Å². The average molecular weight is 362 g/mol. The van der Waals surface area contributed by atoms with Gasteiger partial charge in [0, 0.05) is 23.5 Å². The molecule has 0 aliphatic heterocycles. The average Bonchev–Trinajstić information content (AvgIpc) is 2.44. The maximum Gasteiger partial charge on any atom is 0.227 e. The van der Waals surface area contributed by atoms with Gasteiger partial charge in [-0.2, -0.15) is 0 Å². The first-order valence-corrected chi connectivity index (χ1v) is 9.27. The van der Waals surface area contributed by atoms with Crippen LogP contribution in [-0.4, -0.2) is 17.3 Å². The predicted octanol–water partition coefficient (Wildman–Crippen LogP) is 4.77.